The number of anilines is 1. The van der Waals surface area contributed by atoms with Crippen molar-refractivity contribution < 1.29 is 18.4 Å². The molecule has 110 valence electrons. The van der Waals surface area contributed by atoms with Crippen LogP contribution in [0.15, 0.2) is 12.1 Å². The summed E-state index contributed by atoms with van der Waals surface area (Å²) in [7, 11) is 1.47. The Labute approximate surface area is 115 Å². The number of nitrogens with one attached hydrogen (secondary N) is 2. The maximum absolute atomic E-state index is 13.6. The van der Waals surface area contributed by atoms with Gasteiger partial charge in [0.2, 0.25) is 5.91 Å². The van der Waals surface area contributed by atoms with Crippen LogP contribution in [0.5, 0.6) is 0 Å². The van der Waals surface area contributed by atoms with Crippen molar-refractivity contribution in [2.24, 2.45) is 5.41 Å². The smallest absolute Gasteiger partial charge is 0.254 e. The summed E-state index contributed by atoms with van der Waals surface area (Å²) in [6, 6.07) is 1.55. The highest BCUT2D eigenvalue weighted by Crippen LogP contribution is 2.18. The quantitative estimate of drug-likeness (QED) is 0.723. The van der Waals surface area contributed by atoms with Crippen molar-refractivity contribution in [1.82, 2.24) is 10.6 Å². The molecular weight excluding hydrogens is 268 g/mol. The van der Waals surface area contributed by atoms with Gasteiger partial charge in [-0.05, 0) is 26.0 Å². The Hall–Kier alpha value is -2.18. The molecule has 0 heterocycles. The Morgan fingerprint density at radius 3 is 2.45 bits per heavy atom. The van der Waals surface area contributed by atoms with E-state index < -0.39 is 34.2 Å². The van der Waals surface area contributed by atoms with Gasteiger partial charge in [-0.3, -0.25) is 9.59 Å². The molecule has 0 aliphatic rings. The third kappa shape index (κ3) is 3.43. The number of hydrogen-bond donors (Lipinski definition) is 3. The minimum absolute atomic E-state index is 0.0264. The first-order valence-corrected chi connectivity index (χ1v) is 5.94. The zero-order valence-electron chi connectivity index (χ0n) is 11.5. The topological polar surface area (TPSA) is 84.2 Å². The second-order valence-electron chi connectivity index (χ2n) is 5.00. The van der Waals surface area contributed by atoms with Gasteiger partial charge in [-0.1, -0.05) is 0 Å². The summed E-state index contributed by atoms with van der Waals surface area (Å²) in [4.78, 5) is 23.4. The highest BCUT2D eigenvalue weighted by Gasteiger charge is 2.28. The van der Waals surface area contributed by atoms with Gasteiger partial charge in [-0.15, -0.1) is 0 Å². The van der Waals surface area contributed by atoms with E-state index in [-0.39, 0.29) is 12.5 Å². The van der Waals surface area contributed by atoms with Crippen LogP contribution in [0.1, 0.15) is 24.2 Å². The minimum atomic E-state index is -0.985. The molecule has 2 amide bonds. The fourth-order valence-corrected chi connectivity index (χ4v) is 1.59. The highest BCUT2D eigenvalue weighted by atomic mass is 19.1. The lowest BCUT2D eigenvalue weighted by molar-refractivity contribution is -0.128. The highest BCUT2D eigenvalue weighted by molar-refractivity contribution is 5.96. The Bertz CT molecular complexity index is 545. The van der Waals surface area contributed by atoms with Crippen LogP contribution < -0.4 is 16.4 Å². The zero-order valence-corrected chi connectivity index (χ0v) is 11.5. The molecule has 0 spiro atoms. The summed E-state index contributed by atoms with van der Waals surface area (Å²) in [5, 5.41) is 4.84. The summed E-state index contributed by atoms with van der Waals surface area (Å²) in [6.07, 6.45) is 0. The number of carbonyl (C=O) groups is 2. The van der Waals surface area contributed by atoms with Crippen LogP contribution in [0.4, 0.5) is 14.5 Å². The van der Waals surface area contributed by atoms with E-state index in [1.165, 1.54) is 7.05 Å². The summed E-state index contributed by atoms with van der Waals surface area (Å²) < 4.78 is 26.8. The van der Waals surface area contributed by atoms with Gasteiger partial charge in [0, 0.05) is 13.6 Å². The molecule has 0 atom stereocenters. The number of nitrogen functional groups attached to an aromatic ring is 1. The Kier molecular flexibility index (Phi) is 4.65. The first-order chi connectivity index (χ1) is 9.19. The normalized spacial score (nSPS) is 11.1. The van der Waals surface area contributed by atoms with Gasteiger partial charge in [-0.25, -0.2) is 8.78 Å². The molecule has 1 aromatic rings. The van der Waals surface area contributed by atoms with Crippen molar-refractivity contribution in [3.63, 3.8) is 0 Å². The second kappa shape index (κ2) is 5.85. The van der Waals surface area contributed by atoms with Crippen LogP contribution in [0.3, 0.4) is 0 Å². The maximum Gasteiger partial charge on any atom is 0.254 e. The molecule has 5 nitrogen and oxygen atoms in total. The third-order valence-corrected chi connectivity index (χ3v) is 2.84. The molecule has 0 radical (unpaired) electrons. The zero-order chi connectivity index (χ0) is 15.5. The van der Waals surface area contributed by atoms with Crippen molar-refractivity contribution in [2.45, 2.75) is 13.8 Å². The average molecular weight is 285 g/mol. The first kappa shape index (κ1) is 15.9. The van der Waals surface area contributed by atoms with Crippen LogP contribution in [0.2, 0.25) is 0 Å². The molecule has 0 unspecified atom stereocenters. The number of nitrogens with two attached hydrogens (primary N) is 1. The van der Waals surface area contributed by atoms with Crippen molar-refractivity contribution in [3.8, 4) is 0 Å². The molecule has 0 saturated heterocycles. The van der Waals surface area contributed by atoms with Crippen LogP contribution in [-0.4, -0.2) is 25.4 Å². The lowest BCUT2D eigenvalue weighted by atomic mass is 9.92. The number of carbonyl (C=O) groups excluding carboxylic acids is 2. The number of halogens is 2. The molecule has 20 heavy (non-hydrogen) atoms. The van der Waals surface area contributed by atoms with E-state index in [2.05, 4.69) is 10.6 Å². The Morgan fingerprint density at radius 1 is 1.30 bits per heavy atom. The van der Waals surface area contributed by atoms with Crippen LogP contribution >= 0.6 is 0 Å². The second-order valence-corrected chi connectivity index (χ2v) is 5.00. The van der Waals surface area contributed by atoms with E-state index in [1.807, 2.05) is 0 Å². The van der Waals surface area contributed by atoms with Crippen LogP contribution in [0.25, 0.3) is 0 Å². The van der Waals surface area contributed by atoms with Crippen molar-refractivity contribution >= 4 is 17.5 Å². The first-order valence-electron chi connectivity index (χ1n) is 5.94. The molecule has 0 fully saturated rings. The Morgan fingerprint density at radius 2 is 1.90 bits per heavy atom. The molecule has 0 saturated carbocycles. The molecule has 7 heteroatoms. The average Bonchev–Trinajstić information content (AvgIpc) is 2.39. The molecule has 4 N–H and O–H groups in total. The molecular formula is C13H17F2N3O2. The minimum Gasteiger partial charge on any atom is -0.396 e. The summed E-state index contributed by atoms with van der Waals surface area (Å²) in [6.45, 7) is 3.20. The third-order valence-electron chi connectivity index (χ3n) is 2.84. The molecule has 0 aromatic heterocycles. The van der Waals surface area contributed by atoms with E-state index in [1.54, 1.807) is 13.8 Å². The number of amides is 2. The standard InChI is InChI=1S/C13H17F2N3O2/c1-13(2,12(20)17-3)6-18-11(19)8-4-7(14)5-9(16)10(8)15/h4-5H,6,16H2,1-3H3,(H,17,20)(H,18,19). The molecule has 0 aliphatic heterocycles. The predicted octanol–water partition coefficient (Wildman–Crippen LogP) is 1.05. The van der Waals surface area contributed by atoms with Crippen molar-refractivity contribution in [2.75, 3.05) is 19.3 Å². The summed E-state index contributed by atoms with van der Waals surface area (Å²) in [5.74, 6) is -2.90. The van der Waals surface area contributed by atoms with Gasteiger partial charge in [0.15, 0.2) is 5.82 Å². The fourth-order valence-electron chi connectivity index (χ4n) is 1.59. The molecule has 0 aliphatic carbocycles. The van der Waals surface area contributed by atoms with Gasteiger partial charge in [0.05, 0.1) is 16.7 Å². The van der Waals surface area contributed by atoms with Crippen LogP contribution in [0, 0.1) is 17.0 Å². The lowest BCUT2D eigenvalue weighted by Crippen LogP contribution is -2.43. The van der Waals surface area contributed by atoms with E-state index in [4.69, 9.17) is 5.73 Å². The van der Waals surface area contributed by atoms with E-state index in [0.29, 0.717) is 0 Å². The van der Waals surface area contributed by atoms with E-state index in [0.717, 1.165) is 12.1 Å². The molecule has 0 bridgehead atoms. The lowest BCUT2D eigenvalue weighted by Gasteiger charge is -2.22. The fraction of sp³-hybridized carbons (Fsp3) is 0.385. The van der Waals surface area contributed by atoms with Crippen molar-refractivity contribution in [1.29, 1.82) is 0 Å². The monoisotopic (exact) mass is 285 g/mol. The number of hydrogen-bond acceptors (Lipinski definition) is 3. The predicted molar refractivity (Wildman–Crippen MR) is 71.0 cm³/mol. The molecule has 1 rings (SSSR count). The van der Waals surface area contributed by atoms with Gasteiger partial charge in [-0.2, -0.15) is 0 Å². The summed E-state index contributed by atoms with van der Waals surface area (Å²) in [5.41, 5.74) is 3.44. The van der Waals surface area contributed by atoms with Crippen LogP contribution in [-0.2, 0) is 4.79 Å². The van der Waals surface area contributed by atoms with Crippen molar-refractivity contribution in [3.05, 3.63) is 29.3 Å². The van der Waals surface area contributed by atoms with Gasteiger partial charge < -0.3 is 16.4 Å². The summed E-state index contributed by atoms with van der Waals surface area (Å²) >= 11 is 0. The largest absolute Gasteiger partial charge is 0.396 e. The Balaban J connectivity index is 2.86. The van der Waals surface area contributed by atoms with Gasteiger partial charge in [0.1, 0.15) is 5.82 Å². The van der Waals surface area contributed by atoms with E-state index >= 15 is 0 Å². The van der Waals surface area contributed by atoms with Gasteiger partial charge >= 0.3 is 0 Å². The maximum atomic E-state index is 13.6. The number of benzene rings is 1. The van der Waals surface area contributed by atoms with E-state index in [9.17, 15) is 18.4 Å². The molecule has 1 aromatic carbocycles. The SMILES string of the molecule is CNC(=O)C(C)(C)CNC(=O)c1cc(F)cc(N)c1F. The number of rotatable bonds is 4. The van der Waals surface area contributed by atoms with Gasteiger partial charge in [0.25, 0.3) is 5.91 Å².